The van der Waals surface area contributed by atoms with Crippen molar-refractivity contribution >= 4 is 31.3 Å². The van der Waals surface area contributed by atoms with Gasteiger partial charge in [-0.15, -0.1) is 0 Å². The number of aliphatic carboxylic acids is 1. The van der Waals surface area contributed by atoms with Crippen molar-refractivity contribution in [1.29, 1.82) is 0 Å². The molecule has 1 aromatic carbocycles. The summed E-state index contributed by atoms with van der Waals surface area (Å²) in [6.45, 7) is 1.16. The Morgan fingerprint density at radius 2 is 1.82 bits per heavy atom. The third-order valence-corrected chi connectivity index (χ3v) is 3.49. The SMILES string of the molecule is BC(=O)OCc1ccc(O[C@@H](O)C(O)C(O)C(OC)C(=O)O)c(NC(C)=O)c1. The van der Waals surface area contributed by atoms with Crippen molar-refractivity contribution in [2.75, 3.05) is 12.4 Å². The highest BCUT2D eigenvalue weighted by Gasteiger charge is 2.37. The van der Waals surface area contributed by atoms with Gasteiger partial charge in [0.1, 0.15) is 24.6 Å². The Labute approximate surface area is 161 Å². The zero-order chi connectivity index (χ0) is 21.4. The van der Waals surface area contributed by atoms with Crippen molar-refractivity contribution in [2.45, 2.75) is 38.1 Å². The third kappa shape index (κ3) is 6.81. The number of methoxy groups -OCH3 is 1. The Bertz CT molecular complexity index is 713. The maximum absolute atomic E-state index is 11.4. The lowest BCUT2D eigenvalue weighted by Crippen LogP contribution is -2.50. The number of benzene rings is 1. The maximum atomic E-state index is 11.4. The minimum absolute atomic E-state index is 0.0692. The Hall–Kier alpha value is -2.67. The lowest BCUT2D eigenvalue weighted by molar-refractivity contribution is -0.184. The Kier molecular flexibility index (Phi) is 8.86. The van der Waals surface area contributed by atoms with Crippen molar-refractivity contribution in [1.82, 2.24) is 0 Å². The van der Waals surface area contributed by atoms with Crippen LogP contribution in [-0.4, -0.2) is 77.7 Å². The number of aliphatic hydroxyl groups excluding tert-OH is 3. The summed E-state index contributed by atoms with van der Waals surface area (Å²) < 4.78 is 14.6. The Balaban J connectivity index is 2.99. The van der Waals surface area contributed by atoms with Gasteiger partial charge in [-0.1, -0.05) is 6.07 Å². The molecule has 12 heteroatoms. The molecule has 0 spiro atoms. The van der Waals surface area contributed by atoms with Crippen LogP contribution in [0.15, 0.2) is 18.2 Å². The predicted octanol–water partition coefficient (Wildman–Crippen LogP) is -1.57. The molecule has 0 saturated heterocycles. The van der Waals surface area contributed by atoms with Gasteiger partial charge in [-0.05, 0) is 17.7 Å². The van der Waals surface area contributed by atoms with E-state index in [2.05, 4.69) is 10.1 Å². The van der Waals surface area contributed by atoms with Gasteiger partial charge in [-0.25, -0.2) is 4.79 Å². The van der Waals surface area contributed by atoms with Gasteiger partial charge in [0.05, 0.1) is 5.69 Å². The fraction of sp³-hybridized carbons (Fsp3) is 0.438. The molecule has 1 rings (SSSR count). The van der Waals surface area contributed by atoms with Gasteiger partial charge >= 0.3 is 5.97 Å². The van der Waals surface area contributed by atoms with Crippen molar-refractivity contribution in [3.63, 3.8) is 0 Å². The van der Waals surface area contributed by atoms with Crippen molar-refractivity contribution in [2.24, 2.45) is 0 Å². The summed E-state index contributed by atoms with van der Waals surface area (Å²) in [7, 11) is 2.25. The quantitative estimate of drug-likeness (QED) is 0.229. The molecule has 0 radical (unpaired) electrons. The van der Waals surface area contributed by atoms with Gasteiger partial charge in [-0.2, -0.15) is 0 Å². The first-order valence-corrected chi connectivity index (χ1v) is 8.07. The maximum Gasteiger partial charge on any atom is 0.335 e. The zero-order valence-electron chi connectivity index (χ0n) is 15.5. The van der Waals surface area contributed by atoms with Gasteiger partial charge in [0.15, 0.2) is 6.10 Å². The summed E-state index contributed by atoms with van der Waals surface area (Å²) in [5.41, 5.74) is 0.603. The van der Waals surface area contributed by atoms with E-state index in [1.165, 1.54) is 33.0 Å². The molecule has 0 aliphatic heterocycles. The second-order valence-corrected chi connectivity index (χ2v) is 5.78. The summed E-state index contributed by atoms with van der Waals surface area (Å²) in [5.74, 6) is -2.59. The molecule has 4 atom stereocenters. The standard InChI is InChI=1S/C16H22BNO10/c1-7(19)18-9-5-8(6-27-16(17)25)3-4-10(9)28-15(24)12(21)11(20)13(26-2)14(22)23/h3-5,11-13,15,20-21,24H,6,17H2,1-2H3,(H,18,19)(H,22,23)/t11?,12?,13?,15-/m1/s1. The number of rotatable bonds is 10. The van der Waals surface area contributed by atoms with E-state index in [9.17, 15) is 29.7 Å². The number of nitrogens with one attached hydrogen (secondary N) is 1. The summed E-state index contributed by atoms with van der Waals surface area (Å²) in [6, 6.07) is 4.23. The molecule has 0 fully saturated rings. The van der Waals surface area contributed by atoms with E-state index in [0.29, 0.717) is 5.56 Å². The molecule has 11 nitrogen and oxygen atoms in total. The second-order valence-electron chi connectivity index (χ2n) is 5.78. The normalized spacial score (nSPS) is 15.0. The van der Waals surface area contributed by atoms with Crippen LogP contribution in [0.2, 0.25) is 0 Å². The monoisotopic (exact) mass is 399 g/mol. The van der Waals surface area contributed by atoms with Crippen molar-refractivity contribution in [3.8, 4) is 5.75 Å². The lowest BCUT2D eigenvalue weighted by atomic mass is 10.1. The lowest BCUT2D eigenvalue weighted by Gasteiger charge is -2.27. The van der Waals surface area contributed by atoms with E-state index in [1.54, 1.807) is 0 Å². The van der Waals surface area contributed by atoms with E-state index in [-0.39, 0.29) is 18.0 Å². The highest BCUT2D eigenvalue weighted by Crippen LogP contribution is 2.28. The van der Waals surface area contributed by atoms with E-state index < -0.39 is 42.3 Å². The largest absolute Gasteiger partial charge is 0.479 e. The zero-order valence-corrected chi connectivity index (χ0v) is 15.5. The molecule has 0 aliphatic rings. The number of amides is 1. The van der Waals surface area contributed by atoms with E-state index in [0.717, 1.165) is 7.11 Å². The first-order valence-electron chi connectivity index (χ1n) is 8.07. The number of carboxylic acids is 1. The molecule has 154 valence electrons. The van der Waals surface area contributed by atoms with Gasteiger partial charge in [0.25, 0.3) is 0 Å². The van der Waals surface area contributed by atoms with E-state index in [1.807, 2.05) is 0 Å². The van der Waals surface area contributed by atoms with Crippen LogP contribution in [-0.2, 0) is 25.7 Å². The fourth-order valence-electron chi connectivity index (χ4n) is 2.18. The average molecular weight is 399 g/mol. The molecule has 0 heterocycles. The molecule has 3 unspecified atom stereocenters. The molecule has 1 aromatic rings. The Morgan fingerprint density at radius 1 is 1.18 bits per heavy atom. The van der Waals surface area contributed by atoms with Crippen LogP contribution in [0, 0.1) is 0 Å². The first kappa shape index (κ1) is 23.4. The number of carboxylic acid groups (broad SMARTS) is 1. The highest BCUT2D eigenvalue weighted by molar-refractivity contribution is 6.55. The molecular formula is C16H22BNO10. The van der Waals surface area contributed by atoms with Crippen LogP contribution >= 0.6 is 0 Å². The van der Waals surface area contributed by atoms with Crippen molar-refractivity contribution < 1.29 is 49.0 Å². The smallest absolute Gasteiger partial charge is 0.335 e. The van der Waals surface area contributed by atoms with E-state index in [4.69, 9.17) is 14.6 Å². The first-order chi connectivity index (χ1) is 13.1. The summed E-state index contributed by atoms with van der Waals surface area (Å²) in [5, 5.41) is 41.2. The highest BCUT2D eigenvalue weighted by atomic mass is 16.6. The molecule has 28 heavy (non-hydrogen) atoms. The molecule has 0 aromatic heterocycles. The molecule has 0 bridgehead atoms. The Morgan fingerprint density at radius 3 is 2.32 bits per heavy atom. The van der Waals surface area contributed by atoms with Gasteiger partial charge in [0, 0.05) is 14.0 Å². The van der Waals surface area contributed by atoms with Crippen LogP contribution in [0.3, 0.4) is 0 Å². The van der Waals surface area contributed by atoms with E-state index >= 15 is 0 Å². The van der Waals surface area contributed by atoms with Crippen LogP contribution in [0.25, 0.3) is 0 Å². The summed E-state index contributed by atoms with van der Waals surface area (Å²) >= 11 is 0. The number of carbonyl (C=O) groups is 3. The number of carbonyl (C=O) groups excluding carboxylic acids is 2. The minimum atomic E-state index is -2.04. The van der Waals surface area contributed by atoms with Crippen molar-refractivity contribution in [3.05, 3.63) is 23.8 Å². The molecule has 5 N–H and O–H groups in total. The molecule has 0 saturated carbocycles. The number of hydrogen-bond acceptors (Lipinski definition) is 9. The molecular weight excluding hydrogens is 377 g/mol. The minimum Gasteiger partial charge on any atom is -0.479 e. The predicted molar refractivity (Wildman–Crippen MR) is 96.6 cm³/mol. The van der Waals surface area contributed by atoms with Gasteiger partial charge < -0.3 is 40.0 Å². The summed E-state index contributed by atoms with van der Waals surface area (Å²) in [4.78, 5) is 33.3. The number of anilines is 1. The van der Waals surface area contributed by atoms with Crippen LogP contribution in [0.1, 0.15) is 12.5 Å². The van der Waals surface area contributed by atoms with Crippen LogP contribution in [0.4, 0.5) is 10.5 Å². The van der Waals surface area contributed by atoms with Crippen LogP contribution in [0.5, 0.6) is 5.75 Å². The topological polar surface area (TPSA) is 172 Å². The second kappa shape index (κ2) is 10.6. The van der Waals surface area contributed by atoms with Gasteiger partial charge in [-0.3, -0.25) is 9.59 Å². The number of hydrogen-bond donors (Lipinski definition) is 5. The summed E-state index contributed by atoms with van der Waals surface area (Å²) in [6.07, 6.45) is -7.87. The molecule has 0 aliphatic carbocycles. The third-order valence-electron chi connectivity index (χ3n) is 3.49. The average Bonchev–Trinajstić information content (AvgIpc) is 2.60. The van der Waals surface area contributed by atoms with Crippen LogP contribution < -0.4 is 10.1 Å². The van der Waals surface area contributed by atoms with Gasteiger partial charge in [0.2, 0.25) is 25.9 Å². The number of ether oxygens (including phenoxy) is 3. The fourth-order valence-corrected chi connectivity index (χ4v) is 2.18. The molecule has 1 amide bonds. The number of aliphatic hydroxyl groups is 3.